The smallest absolute Gasteiger partial charge is 0.258 e. The fourth-order valence-electron chi connectivity index (χ4n) is 3.72. The number of nitrogens with zero attached hydrogens (tertiary/aromatic N) is 4. The van der Waals surface area contributed by atoms with Gasteiger partial charge in [-0.05, 0) is 31.2 Å². The molecule has 3 aromatic rings. The van der Waals surface area contributed by atoms with Crippen LogP contribution in [-0.2, 0) is 0 Å². The molecule has 0 N–H and O–H groups in total. The Morgan fingerprint density at radius 2 is 1.87 bits per heavy atom. The van der Waals surface area contributed by atoms with E-state index in [0.29, 0.717) is 47.7 Å². The monoisotopic (exact) mass is 438 g/mol. The molecular weight excluding hydrogens is 416 g/mol. The van der Waals surface area contributed by atoms with Gasteiger partial charge in [-0.1, -0.05) is 23.7 Å². The van der Waals surface area contributed by atoms with Gasteiger partial charge in [-0.2, -0.15) is 5.26 Å². The van der Waals surface area contributed by atoms with E-state index in [4.69, 9.17) is 20.8 Å². The average molecular weight is 439 g/mol. The minimum Gasteiger partial charge on any atom is -0.491 e. The molecule has 31 heavy (non-hydrogen) atoms. The van der Waals surface area contributed by atoms with Crippen LogP contribution in [0.1, 0.15) is 21.7 Å². The van der Waals surface area contributed by atoms with Crippen LogP contribution < -0.4 is 4.74 Å². The first kappa shape index (κ1) is 21.0. The minimum absolute atomic E-state index is 0.164. The molecule has 1 aromatic carbocycles. The molecule has 2 aromatic heterocycles. The van der Waals surface area contributed by atoms with E-state index in [1.165, 1.54) is 0 Å². The summed E-state index contributed by atoms with van der Waals surface area (Å²) in [7, 11) is 0. The summed E-state index contributed by atoms with van der Waals surface area (Å²) < 4.78 is 13.2. The molecule has 1 amide bonds. The van der Waals surface area contributed by atoms with Crippen LogP contribution in [0.4, 0.5) is 0 Å². The highest BCUT2D eigenvalue weighted by atomic mass is 35.5. The number of carbonyl (C=O) groups excluding carboxylic acids is 1. The maximum absolute atomic E-state index is 13.2. The van der Waals surface area contributed by atoms with E-state index < -0.39 is 0 Å². The molecular formula is C23H23ClN4O3. The lowest BCUT2D eigenvalue weighted by Crippen LogP contribution is -2.49. The van der Waals surface area contributed by atoms with Crippen LogP contribution in [0.15, 0.2) is 53.2 Å². The molecule has 1 saturated heterocycles. The van der Waals surface area contributed by atoms with Crippen LogP contribution in [0.2, 0.25) is 5.02 Å². The average Bonchev–Trinajstić information content (AvgIpc) is 3.42. The van der Waals surface area contributed by atoms with Crippen LogP contribution in [0.3, 0.4) is 0 Å². The molecule has 7 nitrogen and oxygen atoms in total. The molecule has 4 rings (SSSR count). The zero-order valence-corrected chi connectivity index (χ0v) is 18.0. The van der Waals surface area contributed by atoms with E-state index in [1.807, 2.05) is 30.3 Å². The van der Waals surface area contributed by atoms with E-state index in [9.17, 15) is 10.1 Å². The molecule has 0 bridgehead atoms. The van der Waals surface area contributed by atoms with Crippen LogP contribution in [0.5, 0.6) is 5.75 Å². The van der Waals surface area contributed by atoms with E-state index in [0.717, 1.165) is 19.6 Å². The quantitative estimate of drug-likeness (QED) is 0.586. The van der Waals surface area contributed by atoms with Crippen LogP contribution in [0.25, 0.3) is 5.88 Å². The normalized spacial score (nSPS) is 14.4. The highest BCUT2D eigenvalue weighted by Gasteiger charge is 2.30. The summed E-state index contributed by atoms with van der Waals surface area (Å²) in [6, 6.07) is 13.2. The summed E-state index contributed by atoms with van der Waals surface area (Å²) in [5.41, 5.74) is 0.621. The SMILES string of the molecule is Cc1oc(-n2cccc2)c(C#N)c1C(=O)N1CCN(CCOc2ccccc2Cl)CC1. The highest BCUT2D eigenvalue weighted by Crippen LogP contribution is 2.27. The molecule has 1 aliphatic heterocycles. The number of furan rings is 1. The van der Waals surface area contributed by atoms with Crippen LogP contribution in [-0.4, -0.2) is 59.6 Å². The number of aromatic nitrogens is 1. The van der Waals surface area contributed by atoms with Gasteiger partial charge >= 0.3 is 0 Å². The predicted octanol–water partition coefficient (Wildman–Crippen LogP) is 3.74. The fourth-order valence-corrected chi connectivity index (χ4v) is 3.91. The number of ether oxygens (including phenoxy) is 1. The fraction of sp³-hybridized carbons (Fsp3) is 0.304. The third kappa shape index (κ3) is 4.46. The lowest BCUT2D eigenvalue weighted by atomic mass is 10.1. The molecule has 0 unspecified atom stereocenters. The van der Waals surface area contributed by atoms with E-state index in [2.05, 4.69) is 11.0 Å². The number of para-hydroxylation sites is 1. The molecule has 0 radical (unpaired) electrons. The maximum atomic E-state index is 13.2. The van der Waals surface area contributed by atoms with Crippen molar-refractivity contribution >= 4 is 17.5 Å². The van der Waals surface area contributed by atoms with Crippen molar-refractivity contribution in [1.82, 2.24) is 14.4 Å². The summed E-state index contributed by atoms with van der Waals surface area (Å²) in [6.45, 7) is 5.64. The van der Waals surface area contributed by atoms with Gasteiger partial charge in [0.1, 0.15) is 35.3 Å². The number of halogens is 1. The molecule has 1 aliphatic rings. The van der Waals surface area contributed by atoms with Gasteiger partial charge in [-0.3, -0.25) is 14.3 Å². The minimum atomic E-state index is -0.164. The van der Waals surface area contributed by atoms with Gasteiger partial charge in [0.05, 0.1) is 5.02 Å². The Bertz CT molecular complexity index is 1090. The first-order valence-corrected chi connectivity index (χ1v) is 10.5. The summed E-state index contributed by atoms with van der Waals surface area (Å²) in [4.78, 5) is 17.2. The largest absolute Gasteiger partial charge is 0.491 e. The predicted molar refractivity (Wildman–Crippen MR) is 117 cm³/mol. The second-order valence-corrected chi connectivity index (χ2v) is 7.74. The van der Waals surface area contributed by atoms with Gasteiger partial charge in [0.15, 0.2) is 0 Å². The summed E-state index contributed by atoms with van der Waals surface area (Å²) in [5.74, 6) is 1.35. The molecule has 0 atom stereocenters. The number of carbonyl (C=O) groups is 1. The molecule has 160 valence electrons. The Labute approximate surface area is 186 Å². The summed E-state index contributed by atoms with van der Waals surface area (Å²) in [6.07, 6.45) is 3.58. The zero-order valence-electron chi connectivity index (χ0n) is 17.3. The first-order chi connectivity index (χ1) is 15.1. The number of piperazine rings is 1. The van der Waals surface area contributed by atoms with Crippen molar-refractivity contribution < 1.29 is 13.9 Å². The van der Waals surface area contributed by atoms with Gasteiger partial charge in [-0.15, -0.1) is 0 Å². The van der Waals surface area contributed by atoms with Crippen molar-refractivity contribution in [2.75, 3.05) is 39.3 Å². The summed E-state index contributed by atoms with van der Waals surface area (Å²) >= 11 is 6.11. The third-order valence-corrected chi connectivity index (χ3v) is 5.70. The van der Waals surface area contributed by atoms with Gasteiger partial charge in [-0.25, -0.2) is 0 Å². The molecule has 3 heterocycles. The van der Waals surface area contributed by atoms with E-state index >= 15 is 0 Å². The summed E-state index contributed by atoms with van der Waals surface area (Å²) in [5, 5.41) is 10.3. The standard InChI is InChI=1S/C23H23ClN4O3/c1-17-21(18(16-25)23(31-17)28-8-4-5-9-28)22(29)27-12-10-26(11-13-27)14-15-30-20-7-3-2-6-19(20)24/h2-9H,10-15H2,1H3. The number of hydrogen-bond acceptors (Lipinski definition) is 5. The number of amides is 1. The van der Waals surface area contributed by atoms with Gasteiger partial charge in [0.2, 0.25) is 5.88 Å². The van der Waals surface area contributed by atoms with Crippen molar-refractivity contribution in [1.29, 1.82) is 5.26 Å². The van der Waals surface area contributed by atoms with Crippen molar-refractivity contribution in [3.8, 4) is 17.7 Å². The van der Waals surface area contributed by atoms with Gasteiger partial charge in [0, 0.05) is 45.1 Å². The highest BCUT2D eigenvalue weighted by molar-refractivity contribution is 6.32. The van der Waals surface area contributed by atoms with Crippen molar-refractivity contribution in [3.63, 3.8) is 0 Å². The van der Waals surface area contributed by atoms with Crippen molar-refractivity contribution in [2.24, 2.45) is 0 Å². The number of benzene rings is 1. The Kier molecular flexibility index (Phi) is 6.31. The molecule has 0 spiro atoms. The number of rotatable bonds is 6. The molecule has 1 fully saturated rings. The maximum Gasteiger partial charge on any atom is 0.258 e. The topological polar surface area (TPSA) is 74.6 Å². The third-order valence-electron chi connectivity index (χ3n) is 5.39. The molecule has 8 heteroatoms. The molecule has 0 aliphatic carbocycles. The Morgan fingerprint density at radius 3 is 2.55 bits per heavy atom. The second kappa shape index (κ2) is 9.29. The van der Waals surface area contributed by atoms with Crippen molar-refractivity contribution in [2.45, 2.75) is 6.92 Å². The number of hydrogen-bond donors (Lipinski definition) is 0. The van der Waals surface area contributed by atoms with Gasteiger partial charge in [0.25, 0.3) is 5.91 Å². The van der Waals surface area contributed by atoms with Crippen LogP contribution >= 0.6 is 11.6 Å². The molecule has 0 saturated carbocycles. The van der Waals surface area contributed by atoms with E-state index in [-0.39, 0.29) is 11.5 Å². The van der Waals surface area contributed by atoms with Gasteiger partial charge < -0.3 is 14.1 Å². The zero-order chi connectivity index (χ0) is 21.8. The number of nitriles is 1. The lowest BCUT2D eigenvalue weighted by molar-refractivity contribution is 0.0618. The second-order valence-electron chi connectivity index (χ2n) is 7.33. The van der Waals surface area contributed by atoms with Crippen LogP contribution in [0, 0.1) is 18.3 Å². The Morgan fingerprint density at radius 1 is 1.16 bits per heavy atom. The Hall–Kier alpha value is -3.21. The number of aryl methyl sites for hydroxylation is 1. The first-order valence-electron chi connectivity index (χ1n) is 10.1. The Balaban J connectivity index is 1.36. The van der Waals surface area contributed by atoms with E-state index in [1.54, 1.807) is 34.9 Å². The lowest BCUT2D eigenvalue weighted by Gasteiger charge is -2.34. The van der Waals surface area contributed by atoms with Crippen molar-refractivity contribution in [3.05, 3.63) is 70.7 Å².